The highest BCUT2D eigenvalue weighted by atomic mass is 16.5. The SMILES string of the molecule is Nc1nc2c(c(NCC3OCCc4ccccc43)n1)CCNC2. The summed E-state index contributed by atoms with van der Waals surface area (Å²) in [6.07, 6.45) is 1.95. The van der Waals surface area contributed by atoms with Crippen molar-refractivity contribution >= 4 is 11.8 Å². The molecule has 2 aliphatic heterocycles. The van der Waals surface area contributed by atoms with E-state index in [2.05, 4.69) is 44.9 Å². The van der Waals surface area contributed by atoms with E-state index in [1.807, 2.05) is 0 Å². The van der Waals surface area contributed by atoms with Gasteiger partial charge < -0.3 is 21.1 Å². The summed E-state index contributed by atoms with van der Waals surface area (Å²) in [7, 11) is 0. The van der Waals surface area contributed by atoms with E-state index >= 15 is 0 Å². The van der Waals surface area contributed by atoms with Crippen LogP contribution in [0, 0.1) is 0 Å². The van der Waals surface area contributed by atoms with Crippen LogP contribution in [0.5, 0.6) is 0 Å². The molecular weight excluding hydrogens is 290 g/mol. The molecule has 0 spiro atoms. The quantitative estimate of drug-likeness (QED) is 0.795. The molecule has 3 heterocycles. The molecule has 1 aromatic heterocycles. The molecule has 4 N–H and O–H groups in total. The first-order valence-electron chi connectivity index (χ1n) is 8.10. The third kappa shape index (κ3) is 2.87. The van der Waals surface area contributed by atoms with E-state index in [4.69, 9.17) is 10.5 Å². The molecule has 6 nitrogen and oxygen atoms in total. The van der Waals surface area contributed by atoms with Crippen LogP contribution in [0.3, 0.4) is 0 Å². The number of nitrogens with one attached hydrogen (secondary N) is 2. The van der Waals surface area contributed by atoms with E-state index in [1.54, 1.807) is 0 Å². The summed E-state index contributed by atoms with van der Waals surface area (Å²) in [5, 5.41) is 6.76. The Morgan fingerprint density at radius 1 is 1.26 bits per heavy atom. The lowest BCUT2D eigenvalue weighted by Crippen LogP contribution is -2.28. The monoisotopic (exact) mass is 311 g/mol. The van der Waals surface area contributed by atoms with Gasteiger partial charge in [-0.2, -0.15) is 4.98 Å². The summed E-state index contributed by atoms with van der Waals surface area (Å²) in [5.74, 6) is 1.17. The highest BCUT2D eigenvalue weighted by molar-refractivity contribution is 5.51. The zero-order chi connectivity index (χ0) is 15.6. The Morgan fingerprint density at radius 2 is 2.17 bits per heavy atom. The van der Waals surface area contributed by atoms with Crippen molar-refractivity contribution < 1.29 is 4.74 Å². The number of hydrogen-bond acceptors (Lipinski definition) is 6. The second-order valence-corrected chi connectivity index (χ2v) is 5.97. The van der Waals surface area contributed by atoms with Gasteiger partial charge in [-0.1, -0.05) is 24.3 Å². The lowest BCUT2D eigenvalue weighted by Gasteiger charge is -2.27. The fraction of sp³-hybridized carbons (Fsp3) is 0.412. The first kappa shape index (κ1) is 14.4. The number of rotatable bonds is 3. The molecule has 1 atom stereocenters. The number of nitrogens with two attached hydrogens (primary N) is 1. The zero-order valence-corrected chi connectivity index (χ0v) is 13.0. The largest absolute Gasteiger partial charge is 0.371 e. The molecule has 0 fully saturated rings. The maximum absolute atomic E-state index is 5.95. The number of aromatic nitrogens is 2. The number of anilines is 2. The van der Waals surface area contributed by atoms with Crippen molar-refractivity contribution in [1.29, 1.82) is 0 Å². The van der Waals surface area contributed by atoms with Gasteiger partial charge in [0.15, 0.2) is 0 Å². The summed E-state index contributed by atoms with van der Waals surface area (Å²) in [6, 6.07) is 8.48. The number of ether oxygens (including phenoxy) is 1. The van der Waals surface area contributed by atoms with E-state index in [0.717, 1.165) is 44.0 Å². The van der Waals surface area contributed by atoms with Gasteiger partial charge in [-0.25, -0.2) is 4.98 Å². The Kier molecular flexibility index (Phi) is 3.85. The molecule has 2 aliphatic rings. The van der Waals surface area contributed by atoms with Crippen molar-refractivity contribution in [3.8, 4) is 0 Å². The Balaban J connectivity index is 1.55. The number of fused-ring (bicyclic) bond motifs is 2. The molecule has 0 radical (unpaired) electrons. The van der Waals surface area contributed by atoms with Crippen molar-refractivity contribution in [2.45, 2.75) is 25.5 Å². The molecular formula is C17H21N5O. The molecule has 120 valence electrons. The normalized spacial score (nSPS) is 19.7. The van der Waals surface area contributed by atoms with Crippen LogP contribution in [-0.2, 0) is 24.1 Å². The third-order valence-electron chi connectivity index (χ3n) is 4.50. The van der Waals surface area contributed by atoms with Crippen LogP contribution in [0.4, 0.5) is 11.8 Å². The lowest BCUT2D eigenvalue weighted by atomic mass is 9.97. The molecule has 23 heavy (non-hydrogen) atoms. The number of hydrogen-bond donors (Lipinski definition) is 3. The van der Waals surface area contributed by atoms with Crippen molar-refractivity contribution in [1.82, 2.24) is 15.3 Å². The minimum absolute atomic E-state index is 0.0495. The van der Waals surface area contributed by atoms with Crippen LogP contribution >= 0.6 is 0 Å². The minimum Gasteiger partial charge on any atom is -0.371 e. The van der Waals surface area contributed by atoms with Crippen LogP contribution < -0.4 is 16.4 Å². The van der Waals surface area contributed by atoms with E-state index in [1.165, 1.54) is 16.7 Å². The average molecular weight is 311 g/mol. The average Bonchev–Trinajstić information content (AvgIpc) is 2.59. The van der Waals surface area contributed by atoms with Crippen molar-refractivity contribution in [3.05, 3.63) is 46.6 Å². The summed E-state index contributed by atoms with van der Waals surface area (Å²) < 4.78 is 5.95. The molecule has 0 saturated heterocycles. The number of nitrogens with zero attached hydrogens (tertiary/aromatic N) is 2. The molecule has 0 aliphatic carbocycles. The molecule has 1 aromatic carbocycles. The predicted octanol–water partition coefficient (Wildman–Crippen LogP) is 1.43. The van der Waals surface area contributed by atoms with Gasteiger partial charge in [0.1, 0.15) is 5.82 Å². The van der Waals surface area contributed by atoms with E-state index in [9.17, 15) is 0 Å². The molecule has 0 bridgehead atoms. The van der Waals surface area contributed by atoms with Gasteiger partial charge in [-0.05, 0) is 30.5 Å². The Morgan fingerprint density at radius 3 is 3.13 bits per heavy atom. The number of nitrogen functional groups attached to an aromatic ring is 1. The number of benzene rings is 1. The van der Waals surface area contributed by atoms with Gasteiger partial charge in [-0.15, -0.1) is 0 Å². The second kappa shape index (κ2) is 6.14. The maximum atomic E-state index is 5.95. The topological polar surface area (TPSA) is 85.1 Å². The standard InChI is InChI=1S/C17H21N5O/c18-17-21-14-9-19-7-5-13(14)16(22-17)20-10-15-12-4-2-1-3-11(12)6-8-23-15/h1-4,15,19H,5-10H2,(H3,18,20,21,22). The van der Waals surface area contributed by atoms with Crippen molar-refractivity contribution in [2.75, 3.05) is 30.7 Å². The summed E-state index contributed by atoms with van der Waals surface area (Å²) in [6.45, 7) is 3.14. The van der Waals surface area contributed by atoms with Gasteiger partial charge in [0.25, 0.3) is 0 Å². The first-order valence-corrected chi connectivity index (χ1v) is 8.10. The summed E-state index contributed by atoms with van der Waals surface area (Å²) in [4.78, 5) is 8.74. The van der Waals surface area contributed by atoms with Crippen molar-refractivity contribution in [3.63, 3.8) is 0 Å². The van der Waals surface area contributed by atoms with Gasteiger partial charge in [0.2, 0.25) is 5.95 Å². The fourth-order valence-corrected chi connectivity index (χ4v) is 3.36. The lowest BCUT2D eigenvalue weighted by molar-refractivity contribution is 0.0513. The molecule has 6 heteroatoms. The van der Waals surface area contributed by atoms with E-state index in [0.29, 0.717) is 12.5 Å². The summed E-state index contributed by atoms with van der Waals surface area (Å²) >= 11 is 0. The fourth-order valence-electron chi connectivity index (χ4n) is 3.36. The van der Waals surface area contributed by atoms with Crippen LogP contribution in [0.1, 0.15) is 28.5 Å². The van der Waals surface area contributed by atoms with Gasteiger partial charge in [0, 0.05) is 18.7 Å². The molecule has 1 unspecified atom stereocenters. The first-order chi connectivity index (χ1) is 11.3. The smallest absolute Gasteiger partial charge is 0.222 e. The van der Waals surface area contributed by atoms with Crippen LogP contribution in [0.2, 0.25) is 0 Å². The maximum Gasteiger partial charge on any atom is 0.222 e. The molecule has 2 aromatic rings. The van der Waals surface area contributed by atoms with Crippen molar-refractivity contribution in [2.24, 2.45) is 0 Å². The van der Waals surface area contributed by atoms with Crippen LogP contribution in [0.25, 0.3) is 0 Å². The van der Waals surface area contributed by atoms with Crippen LogP contribution in [-0.4, -0.2) is 29.7 Å². The van der Waals surface area contributed by atoms with E-state index < -0.39 is 0 Å². The Hall–Kier alpha value is -2.18. The highest BCUT2D eigenvalue weighted by Crippen LogP contribution is 2.28. The van der Waals surface area contributed by atoms with Crippen LogP contribution in [0.15, 0.2) is 24.3 Å². The second-order valence-electron chi connectivity index (χ2n) is 5.97. The molecule has 4 rings (SSSR count). The minimum atomic E-state index is 0.0495. The highest BCUT2D eigenvalue weighted by Gasteiger charge is 2.22. The summed E-state index contributed by atoms with van der Waals surface area (Å²) in [5.41, 5.74) is 10.7. The van der Waals surface area contributed by atoms with Gasteiger partial charge in [0.05, 0.1) is 18.4 Å². The van der Waals surface area contributed by atoms with E-state index in [-0.39, 0.29) is 6.10 Å². The Labute approximate surface area is 135 Å². The van der Waals surface area contributed by atoms with Gasteiger partial charge >= 0.3 is 0 Å². The Bertz CT molecular complexity index is 718. The molecule has 0 saturated carbocycles. The predicted molar refractivity (Wildman–Crippen MR) is 89.2 cm³/mol. The third-order valence-corrected chi connectivity index (χ3v) is 4.50. The van der Waals surface area contributed by atoms with Gasteiger partial charge in [-0.3, -0.25) is 0 Å². The zero-order valence-electron chi connectivity index (χ0n) is 13.0. The molecule has 0 amide bonds.